The lowest BCUT2D eigenvalue weighted by Crippen LogP contribution is -2.33. The van der Waals surface area contributed by atoms with Crippen LogP contribution in [0, 0.1) is 5.92 Å². The van der Waals surface area contributed by atoms with Crippen LogP contribution in [-0.4, -0.2) is 33.3 Å². The van der Waals surface area contributed by atoms with Gasteiger partial charge >= 0.3 is 12.4 Å². The highest BCUT2D eigenvalue weighted by molar-refractivity contribution is 8.07. The first-order valence-electron chi connectivity index (χ1n) is 7.30. The Kier molecular flexibility index (Phi) is 5.94. The maximum absolute atomic E-state index is 11.8. The lowest BCUT2D eigenvalue weighted by atomic mass is 10.1. The number of aromatic nitrogens is 2. The molecule has 1 fully saturated rings. The molecule has 8 nitrogen and oxygen atoms in total. The molecule has 2 unspecified atom stereocenters. The Morgan fingerprint density at radius 3 is 2.87 bits per heavy atom. The molecule has 2 N–H and O–H groups in total. The molecule has 23 heavy (non-hydrogen) atoms. The van der Waals surface area contributed by atoms with Crippen LogP contribution in [0.15, 0.2) is 21.9 Å². The molecule has 1 saturated heterocycles. The smallest absolute Gasteiger partial charge is 0.330 e. The molecule has 1 aliphatic rings. The Hall–Kier alpha value is -0.830. The zero-order valence-corrected chi connectivity index (χ0v) is 14.9. The molecule has 1 aromatic rings. The molecule has 0 aromatic carbocycles. The van der Waals surface area contributed by atoms with Crippen molar-refractivity contribution in [1.29, 1.82) is 0 Å². The number of nitrogens with one attached hydrogen (secondary N) is 1. The van der Waals surface area contributed by atoms with Gasteiger partial charge in [-0.25, -0.2) is 4.79 Å². The Bertz CT molecular complexity index is 702. The largest absolute Gasteiger partial charge is 0.352 e. The fourth-order valence-corrected chi connectivity index (χ4v) is 4.11. The van der Waals surface area contributed by atoms with Crippen molar-refractivity contribution >= 4 is 18.5 Å². The summed E-state index contributed by atoms with van der Waals surface area (Å²) in [4.78, 5) is 35.1. The normalized spacial score (nSPS) is 27.3. The first-order chi connectivity index (χ1) is 10.7. The van der Waals surface area contributed by atoms with Gasteiger partial charge in [0.1, 0.15) is 6.23 Å². The Labute approximate surface area is 138 Å². The topological polar surface area (TPSA) is 103 Å². The second-order valence-corrected chi connectivity index (χ2v) is 8.59. The quantitative estimate of drug-likeness (QED) is 0.729. The van der Waals surface area contributed by atoms with Gasteiger partial charge < -0.3 is 18.7 Å². The maximum atomic E-state index is 11.8. The lowest BCUT2D eigenvalue weighted by Gasteiger charge is -2.21. The summed E-state index contributed by atoms with van der Waals surface area (Å²) in [6.07, 6.45) is 0.980. The van der Waals surface area contributed by atoms with Crippen LogP contribution in [0.25, 0.3) is 0 Å². The van der Waals surface area contributed by atoms with Gasteiger partial charge in [0.25, 0.3) is 5.56 Å². The Morgan fingerprint density at radius 2 is 2.26 bits per heavy atom. The van der Waals surface area contributed by atoms with E-state index in [0.29, 0.717) is 6.42 Å². The molecule has 0 amide bonds. The van der Waals surface area contributed by atoms with E-state index in [1.807, 2.05) is 6.92 Å². The average molecular weight is 364 g/mol. The zero-order valence-electron chi connectivity index (χ0n) is 13.2. The van der Waals surface area contributed by atoms with Gasteiger partial charge in [-0.2, -0.15) is 0 Å². The van der Waals surface area contributed by atoms with Crippen LogP contribution in [0.4, 0.5) is 0 Å². The van der Waals surface area contributed by atoms with Gasteiger partial charge in [-0.05, 0) is 32.1 Å². The monoisotopic (exact) mass is 364 g/mol. The molecule has 2 rings (SSSR count). The zero-order chi connectivity index (χ0) is 17.2. The van der Waals surface area contributed by atoms with Crippen LogP contribution in [-0.2, 0) is 25.6 Å². The minimum absolute atomic E-state index is 0.0368. The van der Waals surface area contributed by atoms with Crippen molar-refractivity contribution in [1.82, 2.24) is 9.55 Å². The van der Waals surface area contributed by atoms with E-state index in [-0.39, 0.29) is 24.7 Å². The molecular formula is C13H21N2O6PS. The van der Waals surface area contributed by atoms with E-state index in [9.17, 15) is 14.5 Å². The van der Waals surface area contributed by atoms with E-state index < -0.39 is 24.2 Å². The number of nitrogens with zero attached hydrogens (tertiary/aromatic N) is 1. The fraction of sp³-hybridized carbons (Fsp3) is 0.692. The molecule has 0 radical (unpaired) electrons. The summed E-state index contributed by atoms with van der Waals surface area (Å²) in [5.74, 6) is 0.0368. The Morgan fingerprint density at radius 1 is 1.57 bits per heavy atom. The molecule has 1 aromatic heterocycles. The molecule has 0 spiro atoms. The minimum Gasteiger partial charge on any atom is -0.352 e. The van der Waals surface area contributed by atoms with Gasteiger partial charge in [0.2, 0.25) is 0 Å². The summed E-state index contributed by atoms with van der Waals surface area (Å²) >= 11 is 4.91. The van der Waals surface area contributed by atoms with E-state index in [4.69, 9.17) is 25.6 Å². The number of hydrogen-bond donors (Lipinski definition) is 2. The number of ether oxygens (including phenoxy) is 1. The van der Waals surface area contributed by atoms with Crippen molar-refractivity contribution in [2.24, 2.45) is 5.92 Å². The third-order valence-electron chi connectivity index (χ3n) is 3.35. The van der Waals surface area contributed by atoms with Gasteiger partial charge in [-0.1, -0.05) is 6.92 Å². The second kappa shape index (κ2) is 7.38. The van der Waals surface area contributed by atoms with E-state index in [1.165, 1.54) is 16.8 Å². The van der Waals surface area contributed by atoms with Crippen LogP contribution >= 0.6 is 6.72 Å². The third kappa shape index (κ3) is 5.07. The van der Waals surface area contributed by atoms with Crippen molar-refractivity contribution in [3.05, 3.63) is 33.1 Å². The van der Waals surface area contributed by atoms with E-state index in [1.54, 1.807) is 13.8 Å². The molecule has 130 valence electrons. The van der Waals surface area contributed by atoms with Crippen molar-refractivity contribution in [3.63, 3.8) is 0 Å². The highest BCUT2D eigenvalue weighted by atomic mass is 32.5. The Balaban J connectivity index is 2.00. The summed E-state index contributed by atoms with van der Waals surface area (Å²) in [7, 11) is 0. The predicted molar refractivity (Wildman–Crippen MR) is 87.7 cm³/mol. The summed E-state index contributed by atoms with van der Waals surface area (Å²) in [5.41, 5.74) is -0.977. The molecule has 0 saturated carbocycles. The van der Waals surface area contributed by atoms with Crippen LogP contribution < -0.4 is 11.2 Å². The summed E-state index contributed by atoms with van der Waals surface area (Å²) in [6, 6.07) is 1.27. The minimum atomic E-state index is -3.29. The first kappa shape index (κ1) is 18.5. The average Bonchev–Trinajstić information content (AvgIpc) is 2.76. The molecular weight excluding hydrogens is 343 g/mol. The van der Waals surface area contributed by atoms with E-state index in [2.05, 4.69) is 4.98 Å². The predicted octanol–water partition coefficient (Wildman–Crippen LogP) is 1.12. The van der Waals surface area contributed by atoms with Crippen molar-refractivity contribution in [2.45, 2.75) is 45.6 Å². The highest BCUT2D eigenvalue weighted by Crippen LogP contribution is 2.46. The number of H-pyrrole nitrogens is 1. The third-order valence-corrected chi connectivity index (χ3v) is 5.08. The molecule has 10 heteroatoms. The molecule has 0 aliphatic carbocycles. The number of aromatic amines is 1. The molecule has 2 heterocycles. The van der Waals surface area contributed by atoms with Gasteiger partial charge in [0, 0.05) is 18.2 Å². The SMILES string of the molecule is CC(C)OP(O)(=S)OC[C@@H]1C[C@H](C)C(n2ccc(=O)[nH]c2=O)O1. The number of rotatable bonds is 6. The van der Waals surface area contributed by atoms with Crippen molar-refractivity contribution in [2.75, 3.05) is 6.61 Å². The molecule has 1 aliphatic heterocycles. The van der Waals surface area contributed by atoms with E-state index in [0.717, 1.165) is 0 Å². The fourth-order valence-electron chi connectivity index (χ4n) is 2.47. The van der Waals surface area contributed by atoms with E-state index >= 15 is 0 Å². The van der Waals surface area contributed by atoms with Crippen LogP contribution in [0.1, 0.15) is 33.4 Å². The van der Waals surface area contributed by atoms with Crippen LogP contribution in [0.2, 0.25) is 0 Å². The summed E-state index contributed by atoms with van der Waals surface area (Å²) in [6.45, 7) is 2.24. The maximum Gasteiger partial charge on any atom is 0.330 e. The highest BCUT2D eigenvalue weighted by Gasteiger charge is 2.35. The van der Waals surface area contributed by atoms with Gasteiger partial charge in [-0.15, -0.1) is 0 Å². The van der Waals surface area contributed by atoms with Gasteiger partial charge in [-0.3, -0.25) is 14.3 Å². The lowest BCUT2D eigenvalue weighted by molar-refractivity contribution is -0.0326. The van der Waals surface area contributed by atoms with Crippen molar-refractivity contribution in [3.8, 4) is 0 Å². The van der Waals surface area contributed by atoms with Gasteiger partial charge in [0.05, 0.1) is 18.8 Å². The number of hydrogen-bond acceptors (Lipinski definition) is 6. The standard InChI is InChI=1S/C13H21N2O6PS/c1-8(2)21-22(18,23)19-7-10-6-9(3)12(20-10)15-5-4-11(16)14-13(15)17/h4-5,8-10,12H,6-7H2,1-3H3,(H,18,23)(H,14,16,17)/t9-,10-,12?,22?/m0/s1. The van der Waals surface area contributed by atoms with Gasteiger partial charge in [0.15, 0.2) is 0 Å². The molecule has 0 bridgehead atoms. The van der Waals surface area contributed by atoms with Crippen molar-refractivity contribution < 1.29 is 18.7 Å². The second-order valence-electron chi connectivity index (χ2n) is 5.80. The van der Waals surface area contributed by atoms with Crippen LogP contribution in [0.3, 0.4) is 0 Å². The summed E-state index contributed by atoms with van der Waals surface area (Å²) < 4.78 is 17.6. The summed E-state index contributed by atoms with van der Waals surface area (Å²) in [5, 5.41) is 0. The first-order valence-corrected chi connectivity index (χ1v) is 9.89. The molecule has 4 atom stereocenters. The van der Waals surface area contributed by atoms with Crippen LogP contribution in [0.5, 0.6) is 0 Å².